The molecule has 0 aliphatic rings. The number of nitrogens with zero attached hydrogens (tertiary/aromatic N) is 2. The number of benzene rings is 8. The number of phenols is 2. The summed E-state index contributed by atoms with van der Waals surface area (Å²) in [5.74, 6) is -3.53. The number of alkyl halides is 12. The van der Waals surface area contributed by atoms with Crippen molar-refractivity contribution in [3.05, 3.63) is 179 Å². The van der Waals surface area contributed by atoms with Gasteiger partial charge in [-0.15, -0.1) is 5.11 Å². The molecule has 0 bridgehead atoms. The quantitative estimate of drug-likeness (QED) is 0.0344. The minimum absolute atomic E-state index is 0.0647. The summed E-state index contributed by atoms with van der Waals surface area (Å²) in [5.41, 5.74) is -2.24. The van der Waals surface area contributed by atoms with Gasteiger partial charge < -0.3 is 30.7 Å². The molecule has 1 heterocycles. The van der Waals surface area contributed by atoms with Crippen LogP contribution in [0.4, 0.5) is 86.8 Å². The van der Waals surface area contributed by atoms with Gasteiger partial charge in [0.2, 0.25) is 0 Å². The van der Waals surface area contributed by atoms with E-state index in [0.29, 0.717) is 73.8 Å². The Labute approximate surface area is 412 Å². The monoisotopic (exact) mass is 1050 g/mol. The first-order chi connectivity index (χ1) is 35.3. The van der Waals surface area contributed by atoms with E-state index in [4.69, 9.17) is 4.42 Å². The number of carbonyl (C=O) groups is 2. The van der Waals surface area contributed by atoms with Crippen LogP contribution in [0.2, 0.25) is 0 Å². The lowest BCUT2D eigenvalue weighted by atomic mass is 10.0. The number of hydrazine groups is 1. The third-order valence-electron chi connectivity index (χ3n) is 11.5. The van der Waals surface area contributed by atoms with E-state index in [2.05, 4.69) is 21.1 Å². The normalized spacial score (nSPS) is 12.4. The lowest BCUT2D eigenvalue weighted by Gasteiger charge is -2.18. The first-order valence-electron chi connectivity index (χ1n) is 21.6. The Morgan fingerprint density at radius 2 is 0.933 bits per heavy atom. The van der Waals surface area contributed by atoms with Gasteiger partial charge in [-0.3, -0.25) is 15.0 Å². The van der Waals surface area contributed by atoms with Crippen LogP contribution in [0, 0.1) is 0 Å². The van der Waals surface area contributed by atoms with Crippen LogP contribution in [-0.4, -0.2) is 22.0 Å². The molecule has 9 aromatic rings. The molecule has 0 aliphatic carbocycles. The van der Waals surface area contributed by atoms with Gasteiger partial charge in [-0.1, -0.05) is 48.5 Å². The molecule has 0 saturated carbocycles. The highest BCUT2D eigenvalue weighted by atomic mass is 19.4. The van der Waals surface area contributed by atoms with Crippen molar-refractivity contribution < 1.29 is 76.9 Å². The highest BCUT2D eigenvalue weighted by Crippen LogP contribution is 2.43. The van der Waals surface area contributed by atoms with Crippen molar-refractivity contribution >= 4 is 78.5 Å². The Bertz CT molecular complexity index is 3690. The number of hydrogen-bond donors (Lipinski definition) is 6. The van der Waals surface area contributed by atoms with Gasteiger partial charge in [-0.25, -0.2) is 0 Å². The largest absolute Gasteiger partial charge is 0.505 e. The van der Waals surface area contributed by atoms with Crippen molar-refractivity contribution in [3.63, 3.8) is 0 Å². The zero-order valence-corrected chi connectivity index (χ0v) is 37.4. The summed E-state index contributed by atoms with van der Waals surface area (Å²) in [4.78, 5) is 26.8. The van der Waals surface area contributed by atoms with Gasteiger partial charge in [0, 0.05) is 33.1 Å². The number of aromatic hydroxyl groups is 2. The fraction of sp³-hybridized carbons (Fsp3) is 0.0769. The highest BCUT2D eigenvalue weighted by molar-refractivity contribution is 6.13. The van der Waals surface area contributed by atoms with Crippen LogP contribution in [0.15, 0.2) is 160 Å². The summed E-state index contributed by atoms with van der Waals surface area (Å²) >= 11 is 0. The molecule has 0 fully saturated rings. The van der Waals surface area contributed by atoms with Crippen molar-refractivity contribution in [3.8, 4) is 22.8 Å². The van der Waals surface area contributed by atoms with Gasteiger partial charge >= 0.3 is 24.7 Å². The number of azo groups is 1. The molecule has 0 atom stereocenters. The summed E-state index contributed by atoms with van der Waals surface area (Å²) in [7, 11) is 0. The molecule has 75 heavy (non-hydrogen) atoms. The lowest BCUT2D eigenvalue weighted by Crippen LogP contribution is -2.17. The van der Waals surface area contributed by atoms with Crippen LogP contribution in [0.5, 0.6) is 11.5 Å². The van der Waals surface area contributed by atoms with Crippen LogP contribution in [0.3, 0.4) is 0 Å². The van der Waals surface area contributed by atoms with E-state index < -0.39 is 92.8 Å². The average molecular weight is 1050 g/mol. The Kier molecular flexibility index (Phi) is 12.8. The number of rotatable bonds is 10. The molecule has 8 aromatic carbocycles. The maximum atomic E-state index is 13.5. The van der Waals surface area contributed by atoms with Crippen molar-refractivity contribution in [1.29, 1.82) is 0 Å². The number of halogens is 12. The zero-order chi connectivity index (χ0) is 53.8. The highest BCUT2D eigenvalue weighted by Gasteiger charge is 2.39. The van der Waals surface area contributed by atoms with Crippen molar-refractivity contribution in [2.75, 3.05) is 21.5 Å². The summed E-state index contributed by atoms with van der Waals surface area (Å²) in [6.07, 6.45) is -20.7. The Morgan fingerprint density at radius 3 is 1.45 bits per heavy atom. The predicted octanol–water partition coefficient (Wildman–Crippen LogP) is 16.3. The number of furan rings is 1. The maximum absolute atomic E-state index is 13.5. The lowest BCUT2D eigenvalue weighted by molar-refractivity contribution is -0.144. The van der Waals surface area contributed by atoms with Crippen molar-refractivity contribution in [2.24, 2.45) is 10.2 Å². The van der Waals surface area contributed by atoms with Gasteiger partial charge in [0.15, 0.2) is 11.5 Å². The number of carbonyl (C=O) groups excluding carboxylic acids is 2. The first kappa shape index (κ1) is 50.7. The number of amides is 2. The third-order valence-corrected chi connectivity index (χ3v) is 11.5. The van der Waals surface area contributed by atoms with Crippen LogP contribution >= 0.6 is 0 Å². The summed E-state index contributed by atoms with van der Waals surface area (Å²) in [6.45, 7) is 0. The molecule has 0 aliphatic heterocycles. The van der Waals surface area contributed by atoms with E-state index in [1.165, 1.54) is 30.3 Å². The summed E-state index contributed by atoms with van der Waals surface area (Å²) in [6, 6.07) is 29.0. The van der Waals surface area contributed by atoms with Gasteiger partial charge in [-0.2, -0.15) is 57.8 Å². The Balaban J connectivity index is 0.927. The Morgan fingerprint density at radius 1 is 0.453 bits per heavy atom. The fourth-order valence-corrected chi connectivity index (χ4v) is 7.88. The minimum Gasteiger partial charge on any atom is -0.505 e. The molecule has 0 unspecified atom stereocenters. The topological polar surface area (TPSA) is 161 Å². The molecule has 6 N–H and O–H groups in total. The van der Waals surface area contributed by atoms with E-state index in [1.807, 2.05) is 10.6 Å². The van der Waals surface area contributed by atoms with Crippen LogP contribution in [0.1, 0.15) is 43.0 Å². The van der Waals surface area contributed by atoms with E-state index in [1.54, 1.807) is 78.9 Å². The molecule has 11 nitrogen and oxygen atoms in total. The molecule has 2 amide bonds. The SMILES string of the molecule is O=C(Nc1cc(C(F)(F)F)cc(C(F)(F)F)c1)c1cc2ccccc2c(/N=N/c2ccc(-c3cc4cc(NNc5c(O)c(C(=O)Nc6cc(C(F)(F)F)cc(C(F)(F)F)c6)cc6ccccc56)ccc4o3)cc2)c1O. The molecule has 0 radical (unpaired) electrons. The smallest absolute Gasteiger partial charge is 0.416 e. The molecule has 0 saturated heterocycles. The predicted molar refractivity (Wildman–Crippen MR) is 253 cm³/mol. The number of nitrogens with one attached hydrogen (secondary N) is 4. The van der Waals surface area contributed by atoms with Gasteiger partial charge in [0.05, 0.1) is 44.8 Å². The molecular weight excluding hydrogens is 1020 g/mol. The number of hydrogen-bond acceptors (Lipinski definition) is 9. The Hall–Kier alpha value is -9.28. The van der Waals surface area contributed by atoms with Gasteiger partial charge in [-0.05, 0) is 108 Å². The second-order valence-corrected chi connectivity index (χ2v) is 16.6. The van der Waals surface area contributed by atoms with Crippen molar-refractivity contribution in [2.45, 2.75) is 24.7 Å². The maximum Gasteiger partial charge on any atom is 0.416 e. The molecule has 0 spiro atoms. The molecule has 9 rings (SSSR count). The standard InChI is InChI=1S/C52H30F12N6O5/c53-49(54,55)29-19-30(50(56,57)58)22-35(21-29)65-47(73)39-16-26-5-1-3-7-37(26)43(45(39)71)69-67-33-11-9-25(10-12-33)42-18-28-15-34(13-14-41(28)75-42)68-70-44-38-8-4-2-6-27(38)17-40(46(44)72)48(74)66-36-23-31(51(59,60)61)20-32(24-36)52(62,63)64/h1-24,68,70-72H,(H,65,73)(H,66,74)/b69-67+. The first-order valence-corrected chi connectivity index (χ1v) is 21.6. The second kappa shape index (κ2) is 19.0. The molecule has 382 valence electrons. The fourth-order valence-electron chi connectivity index (χ4n) is 7.88. The van der Waals surface area contributed by atoms with Gasteiger partial charge in [0.1, 0.15) is 22.7 Å². The van der Waals surface area contributed by atoms with Crippen LogP contribution < -0.4 is 21.5 Å². The van der Waals surface area contributed by atoms with Crippen LogP contribution in [0.25, 0.3) is 43.8 Å². The van der Waals surface area contributed by atoms with E-state index >= 15 is 0 Å². The van der Waals surface area contributed by atoms with E-state index in [9.17, 15) is 72.5 Å². The average Bonchev–Trinajstić information content (AvgIpc) is 3.78. The number of phenolic OH excluding ortho intramolecular Hbond substituents is 2. The summed E-state index contributed by atoms with van der Waals surface area (Å²) in [5, 5.41) is 36.9. The van der Waals surface area contributed by atoms with E-state index in [0.717, 1.165) is 0 Å². The minimum atomic E-state index is -5.18. The zero-order valence-electron chi connectivity index (χ0n) is 37.4. The molecule has 23 heteroatoms. The molecule has 1 aromatic heterocycles. The third kappa shape index (κ3) is 10.8. The number of fused-ring (bicyclic) bond motifs is 3. The van der Waals surface area contributed by atoms with E-state index in [-0.39, 0.29) is 29.2 Å². The molecular formula is C52H30F12N6O5. The van der Waals surface area contributed by atoms with Crippen LogP contribution in [-0.2, 0) is 24.7 Å². The second-order valence-electron chi connectivity index (χ2n) is 16.6. The number of anilines is 4. The van der Waals surface area contributed by atoms with Crippen molar-refractivity contribution in [1.82, 2.24) is 0 Å². The summed E-state index contributed by atoms with van der Waals surface area (Å²) < 4.78 is 168. The van der Waals surface area contributed by atoms with Gasteiger partial charge in [0.25, 0.3) is 11.8 Å².